The standard InChI is InChI=1S/C25H22FN7OS/c1-13-29-11-20(35-13)22-15(10-27)9-16-18(30-22)6-5-17(26)21(16)23-19-12-32(25(34)28-2)7-8-33(19)24(31-23)14-3-4-14/h5-6,9,11,14H,3-4,7-8,12H2,1-2H3,(H,28,34). The Balaban J connectivity index is 1.57. The van der Waals surface area contributed by atoms with Crippen molar-refractivity contribution in [2.75, 3.05) is 13.6 Å². The topological polar surface area (TPSA) is 99.7 Å². The van der Waals surface area contributed by atoms with E-state index in [1.165, 1.54) is 17.4 Å². The molecule has 1 fully saturated rings. The van der Waals surface area contributed by atoms with Crippen LogP contribution in [0.25, 0.3) is 32.7 Å². The number of aromatic nitrogens is 4. The van der Waals surface area contributed by atoms with Gasteiger partial charge < -0.3 is 14.8 Å². The Kier molecular flexibility index (Phi) is 5.04. The summed E-state index contributed by atoms with van der Waals surface area (Å²) in [5.41, 5.74) is 3.14. The van der Waals surface area contributed by atoms with E-state index in [0.717, 1.165) is 34.2 Å². The molecule has 2 aliphatic rings. The number of fused-ring (bicyclic) bond motifs is 2. The Bertz CT molecular complexity index is 1550. The van der Waals surface area contributed by atoms with Gasteiger partial charge in [-0.15, -0.1) is 11.3 Å². The Morgan fingerprint density at radius 2 is 2.09 bits per heavy atom. The molecule has 0 unspecified atom stereocenters. The lowest BCUT2D eigenvalue weighted by Crippen LogP contribution is -2.43. The number of imidazole rings is 1. The first-order chi connectivity index (χ1) is 17.0. The second-order valence-electron chi connectivity index (χ2n) is 8.90. The molecule has 0 radical (unpaired) electrons. The van der Waals surface area contributed by atoms with Gasteiger partial charge in [-0.1, -0.05) is 0 Å². The van der Waals surface area contributed by atoms with Crippen LogP contribution in [0.5, 0.6) is 0 Å². The number of halogens is 1. The van der Waals surface area contributed by atoms with Gasteiger partial charge >= 0.3 is 6.03 Å². The van der Waals surface area contributed by atoms with Crippen molar-refractivity contribution in [2.24, 2.45) is 0 Å². The van der Waals surface area contributed by atoms with Crippen LogP contribution in [0.15, 0.2) is 24.4 Å². The van der Waals surface area contributed by atoms with Crippen molar-refractivity contribution in [1.82, 2.24) is 29.7 Å². The monoisotopic (exact) mass is 487 g/mol. The average molecular weight is 488 g/mol. The van der Waals surface area contributed by atoms with Crippen molar-refractivity contribution in [1.29, 1.82) is 5.26 Å². The fourth-order valence-corrected chi connectivity index (χ4v) is 5.57. The number of nitrogens with one attached hydrogen (secondary N) is 1. The minimum Gasteiger partial charge on any atom is -0.341 e. The number of amides is 2. The smallest absolute Gasteiger partial charge is 0.317 e. The van der Waals surface area contributed by atoms with Gasteiger partial charge in [-0.05, 0) is 38.0 Å². The zero-order valence-corrected chi connectivity index (χ0v) is 20.1. The van der Waals surface area contributed by atoms with Crippen molar-refractivity contribution in [3.63, 3.8) is 0 Å². The normalized spacial score (nSPS) is 15.2. The number of benzene rings is 1. The lowest BCUT2D eigenvalue weighted by molar-refractivity contribution is 0.185. The summed E-state index contributed by atoms with van der Waals surface area (Å²) in [7, 11) is 1.60. The molecule has 1 N–H and O–H groups in total. The maximum absolute atomic E-state index is 15.5. The first-order valence-electron chi connectivity index (χ1n) is 11.5. The molecule has 0 atom stereocenters. The van der Waals surface area contributed by atoms with E-state index in [0.29, 0.717) is 59.0 Å². The number of nitrogens with zero attached hydrogens (tertiary/aromatic N) is 6. The fourth-order valence-electron chi connectivity index (χ4n) is 4.78. The van der Waals surface area contributed by atoms with Crippen LogP contribution in [-0.2, 0) is 13.1 Å². The summed E-state index contributed by atoms with van der Waals surface area (Å²) in [6.45, 7) is 3.42. The van der Waals surface area contributed by atoms with Crippen molar-refractivity contribution in [3.05, 3.63) is 52.3 Å². The molecule has 1 aromatic carbocycles. The van der Waals surface area contributed by atoms with E-state index in [-0.39, 0.29) is 6.03 Å². The molecule has 176 valence electrons. The number of hydrogen-bond acceptors (Lipinski definition) is 6. The maximum Gasteiger partial charge on any atom is 0.317 e. The van der Waals surface area contributed by atoms with Gasteiger partial charge in [-0.3, -0.25) is 0 Å². The molecular weight excluding hydrogens is 465 g/mol. The van der Waals surface area contributed by atoms with E-state index in [1.54, 1.807) is 30.3 Å². The van der Waals surface area contributed by atoms with Crippen LogP contribution >= 0.6 is 11.3 Å². The molecular formula is C25H22FN7OS. The first kappa shape index (κ1) is 21.7. The van der Waals surface area contributed by atoms with Gasteiger partial charge in [0.1, 0.15) is 23.4 Å². The molecule has 4 heterocycles. The third-order valence-electron chi connectivity index (χ3n) is 6.64. The second kappa shape index (κ2) is 8.13. The molecule has 10 heteroatoms. The summed E-state index contributed by atoms with van der Waals surface area (Å²) in [5, 5.41) is 14.0. The van der Waals surface area contributed by atoms with E-state index in [4.69, 9.17) is 9.97 Å². The number of thiazole rings is 1. The average Bonchev–Trinajstić information content (AvgIpc) is 3.52. The molecule has 1 aliphatic heterocycles. The lowest BCUT2D eigenvalue weighted by atomic mass is 10.00. The minimum absolute atomic E-state index is 0.173. The molecule has 3 aromatic heterocycles. The summed E-state index contributed by atoms with van der Waals surface area (Å²) in [6.07, 6.45) is 3.83. The first-order valence-corrected chi connectivity index (χ1v) is 12.3. The molecule has 0 spiro atoms. The van der Waals surface area contributed by atoms with Gasteiger partial charge in [0.15, 0.2) is 0 Å². The molecule has 0 saturated heterocycles. The Morgan fingerprint density at radius 3 is 2.77 bits per heavy atom. The molecule has 6 rings (SSSR count). The van der Waals surface area contributed by atoms with Crippen molar-refractivity contribution >= 4 is 28.3 Å². The summed E-state index contributed by atoms with van der Waals surface area (Å²) in [6, 6.07) is 6.79. The Hall–Kier alpha value is -3.84. The summed E-state index contributed by atoms with van der Waals surface area (Å²) in [4.78, 5) is 28.9. The summed E-state index contributed by atoms with van der Waals surface area (Å²) < 4.78 is 17.7. The third-order valence-corrected chi connectivity index (χ3v) is 7.56. The van der Waals surface area contributed by atoms with E-state index < -0.39 is 5.82 Å². The lowest BCUT2D eigenvalue weighted by Gasteiger charge is -2.29. The number of rotatable bonds is 3. The van der Waals surface area contributed by atoms with Crippen LogP contribution in [0.1, 0.15) is 40.8 Å². The van der Waals surface area contributed by atoms with Crippen LogP contribution in [0.4, 0.5) is 9.18 Å². The third kappa shape index (κ3) is 3.54. The van der Waals surface area contributed by atoms with Crippen molar-refractivity contribution in [2.45, 2.75) is 38.8 Å². The van der Waals surface area contributed by atoms with Gasteiger partial charge in [0, 0.05) is 43.2 Å². The second-order valence-corrected chi connectivity index (χ2v) is 10.1. The van der Waals surface area contributed by atoms with E-state index in [2.05, 4.69) is 20.9 Å². The quantitative estimate of drug-likeness (QED) is 0.456. The highest BCUT2D eigenvalue weighted by atomic mass is 32.1. The van der Waals surface area contributed by atoms with Crippen LogP contribution in [-0.4, -0.2) is 44.0 Å². The molecule has 0 bridgehead atoms. The molecule has 4 aromatic rings. The highest BCUT2D eigenvalue weighted by Gasteiger charge is 2.35. The molecule has 2 amide bonds. The summed E-state index contributed by atoms with van der Waals surface area (Å²) >= 11 is 1.46. The van der Waals surface area contributed by atoms with E-state index >= 15 is 4.39 Å². The van der Waals surface area contributed by atoms with E-state index in [1.807, 2.05) is 6.92 Å². The highest BCUT2D eigenvalue weighted by Crippen LogP contribution is 2.44. The number of pyridine rings is 1. The zero-order chi connectivity index (χ0) is 24.3. The van der Waals surface area contributed by atoms with E-state index in [9.17, 15) is 10.1 Å². The van der Waals surface area contributed by atoms with Crippen LogP contribution in [0.3, 0.4) is 0 Å². The van der Waals surface area contributed by atoms with Crippen LogP contribution in [0.2, 0.25) is 0 Å². The van der Waals surface area contributed by atoms with Gasteiger partial charge in [0.05, 0.1) is 38.9 Å². The highest BCUT2D eigenvalue weighted by molar-refractivity contribution is 7.15. The Labute approximate surface area is 205 Å². The van der Waals surface area contributed by atoms with Crippen molar-refractivity contribution < 1.29 is 9.18 Å². The number of carbonyl (C=O) groups is 1. The van der Waals surface area contributed by atoms with Gasteiger partial charge in [-0.25, -0.2) is 24.1 Å². The number of aryl methyl sites for hydroxylation is 1. The Morgan fingerprint density at radius 1 is 1.26 bits per heavy atom. The number of urea groups is 1. The number of carbonyl (C=O) groups excluding carboxylic acids is 1. The summed E-state index contributed by atoms with van der Waals surface area (Å²) in [5.74, 6) is 0.888. The van der Waals surface area contributed by atoms with Gasteiger partial charge in [0.2, 0.25) is 0 Å². The molecule has 35 heavy (non-hydrogen) atoms. The molecule has 1 aliphatic carbocycles. The van der Waals surface area contributed by atoms with Crippen molar-refractivity contribution in [3.8, 4) is 27.9 Å². The predicted octanol–water partition coefficient (Wildman–Crippen LogP) is 4.57. The van der Waals surface area contributed by atoms with Gasteiger partial charge in [-0.2, -0.15) is 5.26 Å². The largest absolute Gasteiger partial charge is 0.341 e. The van der Waals surface area contributed by atoms with Gasteiger partial charge in [0.25, 0.3) is 0 Å². The molecule has 1 saturated carbocycles. The molecule has 8 nitrogen and oxygen atoms in total. The zero-order valence-electron chi connectivity index (χ0n) is 19.3. The minimum atomic E-state index is -0.426. The predicted molar refractivity (Wildman–Crippen MR) is 130 cm³/mol. The SMILES string of the molecule is CNC(=O)N1CCn2c(C3CC3)nc(-c3c(F)ccc4nc(-c5cnc(C)s5)c(C#N)cc34)c2C1. The van der Waals surface area contributed by atoms with Crippen LogP contribution in [0, 0.1) is 24.1 Å². The fraction of sp³-hybridized carbons (Fsp3) is 0.320. The number of hydrogen-bond donors (Lipinski definition) is 1. The maximum atomic E-state index is 15.5. The van der Waals surface area contributed by atoms with Crippen LogP contribution < -0.4 is 5.32 Å². The number of nitriles is 1.